The molecular weight excluding hydrogens is 402 g/mol. The van der Waals surface area contributed by atoms with Crippen molar-refractivity contribution in [2.75, 3.05) is 11.9 Å². The largest absolute Gasteiger partial charge is 0.466 e. The fourth-order valence-electron chi connectivity index (χ4n) is 3.53. The SMILES string of the molecule is CCOC(=O)Cc1csc(NC(=O)C(CC)n2c(=O)cc(C)c3cccc(C)c32)n1. The monoisotopic (exact) mass is 427 g/mol. The first-order valence-electron chi connectivity index (χ1n) is 9.88. The predicted molar refractivity (Wildman–Crippen MR) is 118 cm³/mol. The van der Waals surface area contributed by atoms with Gasteiger partial charge in [-0.15, -0.1) is 11.3 Å². The number of benzene rings is 1. The number of para-hydroxylation sites is 1. The summed E-state index contributed by atoms with van der Waals surface area (Å²) in [4.78, 5) is 41.9. The number of esters is 1. The van der Waals surface area contributed by atoms with Crippen LogP contribution in [0.1, 0.15) is 43.1 Å². The summed E-state index contributed by atoms with van der Waals surface area (Å²) in [5.41, 5.74) is 2.92. The fraction of sp³-hybridized carbons (Fsp3) is 0.364. The highest BCUT2D eigenvalue weighted by Crippen LogP contribution is 2.25. The molecule has 1 unspecified atom stereocenters. The van der Waals surface area contributed by atoms with Crippen molar-refractivity contribution in [3.05, 3.63) is 56.8 Å². The molecular formula is C22H25N3O4S. The van der Waals surface area contributed by atoms with Gasteiger partial charge in [-0.05, 0) is 38.3 Å². The van der Waals surface area contributed by atoms with Crippen molar-refractivity contribution in [2.45, 2.75) is 46.6 Å². The predicted octanol–water partition coefficient (Wildman–Crippen LogP) is 3.77. The normalized spacial score (nSPS) is 12.0. The van der Waals surface area contributed by atoms with Crippen LogP contribution in [-0.4, -0.2) is 28.0 Å². The van der Waals surface area contributed by atoms with Gasteiger partial charge in [0.2, 0.25) is 5.91 Å². The van der Waals surface area contributed by atoms with E-state index in [1.54, 1.807) is 22.9 Å². The molecule has 3 rings (SSSR count). The number of nitrogens with one attached hydrogen (secondary N) is 1. The molecule has 1 atom stereocenters. The van der Waals surface area contributed by atoms with Crippen molar-refractivity contribution < 1.29 is 14.3 Å². The van der Waals surface area contributed by atoms with Crippen LogP contribution >= 0.6 is 11.3 Å². The molecule has 0 spiro atoms. The van der Waals surface area contributed by atoms with Crippen molar-refractivity contribution in [2.24, 2.45) is 0 Å². The number of nitrogens with zero attached hydrogens (tertiary/aromatic N) is 2. The van der Waals surface area contributed by atoms with Crippen LogP contribution < -0.4 is 10.9 Å². The summed E-state index contributed by atoms with van der Waals surface area (Å²) in [5, 5.41) is 5.85. The van der Waals surface area contributed by atoms with E-state index >= 15 is 0 Å². The quantitative estimate of drug-likeness (QED) is 0.580. The first-order chi connectivity index (χ1) is 14.3. The first kappa shape index (κ1) is 21.7. The Labute approximate surface area is 178 Å². The number of aryl methyl sites for hydroxylation is 2. The molecule has 0 saturated heterocycles. The number of thiazole rings is 1. The second kappa shape index (κ2) is 9.21. The van der Waals surface area contributed by atoms with Gasteiger partial charge in [0.1, 0.15) is 6.04 Å². The van der Waals surface area contributed by atoms with E-state index in [9.17, 15) is 14.4 Å². The van der Waals surface area contributed by atoms with E-state index in [4.69, 9.17) is 4.74 Å². The van der Waals surface area contributed by atoms with E-state index in [1.165, 1.54) is 11.3 Å². The third kappa shape index (κ3) is 4.43. The van der Waals surface area contributed by atoms with Gasteiger partial charge >= 0.3 is 5.97 Å². The van der Waals surface area contributed by atoms with Gasteiger partial charge in [-0.25, -0.2) is 4.98 Å². The fourth-order valence-corrected chi connectivity index (χ4v) is 4.24. The summed E-state index contributed by atoms with van der Waals surface area (Å²) in [6.07, 6.45) is 0.498. The maximum Gasteiger partial charge on any atom is 0.311 e. The highest BCUT2D eigenvalue weighted by atomic mass is 32.1. The molecule has 0 aliphatic rings. The molecule has 8 heteroatoms. The summed E-state index contributed by atoms with van der Waals surface area (Å²) in [6.45, 7) is 7.76. The van der Waals surface area contributed by atoms with Gasteiger partial charge in [-0.3, -0.25) is 19.0 Å². The van der Waals surface area contributed by atoms with E-state index in [0.717, 1.165) is 22.0 Å². The average molecular weight is 428 g/mol. The van der Waals surface area contributed by atoms with E-state index in [-0.39, 0.29) is 23.9 Å². The van der Waals surface area contributed by atoms with Crippen LogP contribution in [0.5, 0.6) is 0 Å². The van der Waals surface area contributed by atoms with E-state index in [0.29, 0.717) is 23.9 Å². The minimum atomic E-state index is -0.681. The summed E-state index contributed by atoms with van der Waals surface area (Å²) >= 11 is 1.24. The molecule has 2 heterocycles. The standard InChI is InChI=1S/C22H25N3O4S/c1-5-17(21(28)24-22-23-15(12-30-22)11-19(27)29-6-2)25-18(26)10-14(4)16-9-7-8-13(3)20(16)25/h7-10,12,17H,5-6,11H2,1-4H3,(H,23,24,28). The molecule has 0 aliphatic carbocycles. The van der Waals surface area contributed by atoms with Gasteiger partial charge in [0, 0.05) is 16.8 Å². The molecule has 158 valence electrons. The van der Waals surface area contributed by atoms with E-state index in [2.05, 4.69) is 10.3 Å². The lowest BCUT2D eigenvalue weighted by atomic mass is 10.0. The summed E-state index contributed by atoms with van der Waals surface area (Å²) in [5.74, 6) is -0.676. The van der Waals surface area contributed by atoms with Gasteiger partial charge in [0.25, 0.3) is 5.56 Å². The Kier molecular flexibility index (Phi) is 6.66. The van der Waals surface area contributed by atoms with Crippen LogP contribution in [0, 0.1) is 13.8 Å². The smallest absolute Gasteiger partial charge is 0.311 e. The van der Waals surface area contributed by atoms with Crippen molar-refractivity contribution in [3.8, 4) is 0 Å². The third-order valence-electron chi connectivity index (χ3n) is 4.89. The maximum absolute atomic E-state index is 13.1. The Morgan fingerprint density at radius 2 is 2.00 bits per heavy atom. The van der Waals surface area contributed by atoms with Gasteiger partial charge in [0.15, 0.2) is 5.13 Å². The van der Waals surface area contributed by atoms with Crippen LogP contribution in [0.15, 0.2) is 34.4 Å². The molecule has 1 N–H and O–H groups in total. The summed E-state index contributed by atoms with van der Waals surface area (Å²) < 4.78 is 6.49. The molecule has 7 nitrogen and oxygen atoms in total. The Bertz CT molecular complexity index is 1150. The minimum Gasteiger partial charge on any atom is -0.466 e. The van der Waals surface area contributed by atoms with Crippen LogP contribution in [0.25, 0.3) is 10.9 Å². The minimum absolute atomic E-state index is 0.0542. The zero-order valence-electron chi connectivity index (χ0n) is 17.5. The number of aromatic nitrogens is 2. The lowest BCUT2D eigenvalue weighted by Crippen LogP contribution is -2.33. The Balaban J connectivity index is 1.91. The number of anilines is 1. The van der Waals surface area contributed by atoms with E-state index < -0.39 is 6.04 Å². The van der Waals surface area contributed by atoms with Crippen molar-refractivity contribution in [1.82, 2.24) is 9.55 Å². The van der Waals surface area contributed by atoms with Crippen molar-refractivity contribution in [3.63, 3.8) is 0 Å². The Hall–Kier alpha value is -3.00. The first-order valence-corrected chi connectivity index (χ1v) is 10.8. The average Bonchev–Trinajstić information content (AvgIpc) is 3.12. The van der Waals surface area contributed by atoms with Crippen LogP contribution in [0.4, 0.5) is 5.13 Å². The number of carbonyl (C=O) groups is 2. The lowest BCUT2D eigenvalue weighted by Gasteiger charge is -2.21. The number of amides is 1. The molecule has 0 saturated carbocycles. The van der Waals surface area contributed by atoms with Crippen LogP contribution in [-0.2, 0) is 20.7 Å². The molecule has 3 aromatic rings. The van der Waals surface area contributed by atoms with Crippen LogP contribution in [0.3, 0.4) is 0 Å². The number of pyridine rings is 1. The highest BCUT2D eigenvalue weighted by molar-refractivity contribution is 7.13. The summed E-state index contributed by atoms with van der Waals surface area (Å²) in [6, 6.07) is 6.73. The molecule has 0 radical (unpaired) electrons. The zero-order chi connectivity index (χ0) is 21.8. The number of rotatable bonds is 7. The number of hydrogen-bond acceptors (Lipinski definition) is 6. The number of fused-ring (bicyclic) bond motifs is 1. The van der Waals surface area contributed by atoms with Crippen molar-refractivity contribution >= 4 is 39.2 Å². The summed E-state index contributed by atoms with van der Waals surface area (Å²) in [7, 11) is 0. The molecule has 0 aliphatic heterocycles. The maximum atomic E-state index is 13.1. The number of hydrogen-bond donors (Lipinski definition) is 1. The lowest BCUT2D eigenvalue weighted by molar-refractivity contribution is -0.142. The Morgan fingerprint density at radius 3 is 2.70 bits per heavy atom. The molecule has 30 heavy (non-hydrogen) atoms. The zero-order valence-corrected chi connectivity index (χ0v) is 18.3. The van der Waals surface area contributed by atoms with Crippen LogP contribution in [0.2, 0.25) is 0 Å². The van der Waals surface area contributed by atoms with Gasteiger partial charge < -0.3 is 10.1 Å². The second-order valence-corrected chi connectivity index (χ2v) is 7.90. The molecule has 1 amide bonds. The van der Waals surface area contributed by atoms with Crippen molar-refractivity contribution in [1.29, 1.82) is 0 Å². The van der Waals surface area contributed by atoms with Gasteiger partial charge in [-0.2, -0.15) is 0 Å². The topological polar surface area (TPSA) is 90.3 Å². The molecule has 0 bridgehead atoms. The molecule has 0 fully saturated rings. The highest BCUT2D eigenvalue weighted by Gasteiger charge is 2.24. The number of carbonyl (C=O) groups excluding carboxylic acids is 2. The van der Waals surface area contributed by atoms with E-state index in [1.807, 2.05) is 39.0 Å². The third-order valence-corrected chi connectivity index (χ3v) is 5.70. The second-order valence-electron chi connectivity index (χ2n) is 7.05. The molecule has 2 aromatic heterocycles. The number of ether oxygens (including phenoxy) is 1. The Morgan fingerprint density at radius 1 is 1.23 bits per heavy atom. The van der Waals surface area contributed by atoms with Gasteiger partial charge in [0.05, 0.1) is 24.2 Å². The molecule has 1 aromatic carbocycles. The van der Waals surface area contributed by atoms with Gasteiger partial charge in [-0.1, -0.05) is 25.1 Å².